The van der Waals surface area contributed by atoms with E-state index in [4.69, 9.17) is 16.3 Å². The molecule has 0 saturated heterocycles. The van der Waals surface area contributed by atoms with Crippen LogP contribution in [-0.4, -0.2) is 24.0 Å². The number of ether oxygens (including phenoxy) is 1. The minimum atomic E-state index is -0.482. The normalized spacial score (nSPS) is 10.2. The van der Waals surface area contributed by atoms with Crippen molar-refractivity contribution >= 4 is 29.2 Å². The topological polar surface area (TPSA) is 92.4 Å². The number of aromatic nitrogens is 1. The molecule has 0 saturated carbocycles. The summed E-state index contributed by atoms with van der Waals surface area (Å²) in [6.07, 6.45) is 1.49. The largest absolute Gasteiger partial charge is 0.457 e. The summed E-state index contributed by atoms with van der Waals surface area (Å²) in [5.41, 5.74) is 1.40. The van der Waals surface area contributed by atoms with Crippen LogP contribution in [0.5, 0.6) is 11.5 Å². The summed E-state index contributed by atoms with van der Waals surface area (Å²) < 4.78 is 18.8. The number of benzene rings is 2. The number of nitrogens with one attached hydrogen (secondary N) is 3. The SMILES string of the molecule is CNC(=O)c1cc(Oc2ccc(CNC(=O)Nc3ccc(F)cc3Cl)cc2)ccn1. The van der Waals surface area contributed by atoms with Crippen LogP contribution in [0, 0.1) is 5.82 Å². The second kappa shape index (κ2) is 9.71. The van der Waals surface area contributed by atoms with Crippen LogP contribution in [0.15, 0.2) is 60.8 Å². The number of urea groups is 1. The van der Waals surface area contributed by atoms with Gasteiger partial charge in [0.2, 0.25) is 0 Å². The van der Waals surface area contributed by atoms with Gasteiger partial charge in [0.15, 0.2) is 0 Å². The van der Waals surface area contributed by atoms with Gasteiger partial charge in [-0.2, -0.15) is 0 Å². The molecule has 0 unspecified atom stereocenters. The number of rotatable bonds is 6. The van der Waals surface area contributed by atoms with Gasteiger partial charge >= 0.3 is 6.03 Å². The molecule has 0 radical (unpaired) electrons. The second-order valence-electron chi connectivity index (χ2n) is 6.13. The summed E-state index contributed by atoms with van der Waals surface area (Å²) in [5, 5.41) is 7.86. The van der Waals surface area contributed by atoms with Gasteiger partial charge in [-0.15, -0.1) is 0 Å². The maximum absolute atomic E-state index is 13.1. The molecule has 7 nitrogen and oxygen atoms in total. The van der Waals surface area contributed by atoms with Crippen LogP contribution < -0.4 is 20.7 Å². The van der Waals surface area contributed by atoms with E-state index in [9.17, 15) is 14.0 Å². The molecule has 0 aliphatic carbocycles. The van der Waals surface area contributed by atoms with Gasteiger partial charge in [-0.25, -0.2) is 9.18 Å². The van der Waals surface area contributed by atoms with E-state index in [2.05, 4.69) is 20.9 Å². The molecule has 1 aromatic heterocycles. The Hall–Kier alpha value is -3.65. The summed E-state index contributed by atoms with van der Waals surface area (Å²) in [6.45, 7) is 0.265. The minimum Gasteiger partial charge on any atom is -0.457 e. The van der Waals surface area contributed by atoms with E-state index in [0.29, 0.717) is 17.2 Å². The molecule has 0 aliphatic heterocycles. The lowest BCUT2D eigenvalue weighted by Crippen LogP contribution is -2.28. The molecule has 154 valence electrons. The Kier molecular flexibility index (Phi) is 6.82. The zero-order chi connectivity index (χ0) is 21.5. The Morgan fingerprint density at radius 2 is 1.83 bits per heavy atom. The maximum Gasteiger partial charge on any atom is 0.319 e. The molecule has 0 bridgehead atoms. The van der Waals surface area contributed by atoms with Gasteiger partial charge < -0.3 is 20.7 Å². The number of amides is 3. The highest BCUT2D eigenvalue weighted by atomic mass is 35.5. The van der Waals surface area contributed by atoms with Crippen molar-refractivity contribution in [2.75, 3.05) is 12.4 Å². The third-order valence-corrected chi connectivity index (χ3v) is 4.30. The van der Waals surface area contributed by atoms with Crippen LogP contribution in [0.1, 0.15) is 16.1 Å². The summed E-state index contributed by atoms with van der Waals surface area (Å²) in [5.74, 6) is 0.257. The van der Waals surface area contributed by atoms with E-state index in [1.54, 1.807) is 36.4 Å². The van der Waals surface area contributed by atoms with Crippen molar-refractivity contribution in [1.82, 2.24) is 15.6 Å². The first-order valence-corrected chi connectivity index (χ1v) is 9.27. The van der Waals surface area contributed by atoms with Crippen LogP contribution >= 0.6 is 11.6 Å². The summed E-state index contributed by atoms with van der Waals surface area (Å²) in [4.78, 5) is 27.6. The third kappa shape index (κ3) is 5.68. The van der Waals surface area contributed by atoms with Crippen LogP contribution in [0.2, 0.25) is 5.02 Å². The summed E-state index contributed by atoms with van der Waals surface area (Å²) in [6, 6.07) is 13.5. The highest BCUT2D eigenvalue weighted by Gasteiger charge is 2.08. The molecule has 1 heterocycles. The molecule has 0 fully saturated rings. The fraction of sp³-hybridized carbons (Fsp3) is 0.0952. The van der Waals surface area contributed by atoms with Crippen molar-refractivity contribution in [3.63, 3.8) is 0 Å². The highest BCUT2D eigenvalue weighted by Crippen LogP contribution is 2.23. The van der Waals surface area contributed by atoms with Gasteiger partial charge in [-0.1, -0.05) is 23.7 Å². The molecule has 0 atom stereocenters. The van der Waals surface area contributed by atoms with Gasteiger partial charge in [-0.3, -0.25) is 9.78 Å². The number of anilines is 1. The van der Waals surface area contributed by atoms with Gasteiger partial charge in [-0.05, 0) is 42.0 Å². The Balaban J connectivity index is 1.54. The molecule has 0 aliphatic rings. The Bertz CT molecular complexity index is 1060. The van der Waals surface area contributed by atoms with E-state index >= 15 is 0 Å². The van der Waals surface area contributed by atoms with E-state index in [1.807, 2.05) is 0 Å². The molecule has 3 aromatic rings. The van der Waals surface area contributed by atoms with Gasteiger partial charge in [0.05, 0.1) is 10.7 Å². The lowest BCUT2D eigenvalue weighted by atomic mass is 10.2. The standard InChI is InChI=1S/C21H18ClFN4O3/c1-24-20(28)19-11-16(8-9-25-19)30-15-5-2-13(3-6-15)12-26-21(29)27-18-7-4-14(23)10-17(18)22/h2-11H,12H2,1H3,(H,24,28)(H2,26,27,29). The van der Waals surface area contributed by atoms with Crippen molar-refractivity contribution in [1.29, 1.82) is 0 Å². The number of halogens is 2. The average molecular weight is 429 g/mol. The first-order chi connectivity index (χ1) is 14.4. The highest BCUT2D eigenvalue weighted by molar-refractivity contribution is 6.33. The lowest BCUT2D eigenvalue weighted by molar-refractivity contribution is 0.0958. The van der Waals surface area contributed by atoms with Crippen molar-refractivity contribution in [3.8, 4) is 11.5 Å². The van der Waals surface area contributed by atoms with E-state index in [-0.39, 0.29) is 23.2 Å². The molecule has 9 heteroatoms. The number of hydrogen-bond acceptors (Lipinski definition) is 4. The van der Waals surface area contributed by atoms with Gasteiger partial charge in [0.1, 0.15) is 23.0 Å². The first kappa shape index (κ1) is 21.1. The number of nitrogens with zero attached hydrogens (tertiary/aromatic N) is 1. The van der Waals surface area contributed by atoms with Crippen molar-refractivity contribution in [3.05, 3.63) is 82.9 Å². The van der Waals surface area contributed by atoms with Crippen molar-refractivity contribution < 1.29 is 18.7 Å². The first-order valence-electron chi connectivity index (χ1n) is 8.89. The maximum atomic E-state index is 13.1. The zero-order valence-corrected chi connectivity index (χ0v) is 16.7. The third-order valence-electron chi connectivity index (χ3n) is 3.98. The fourth-order valence-electron chi connectivity index (χ4n) is 2.48. The van der Waals surface area contributed by atoms with Crippen molar-refractivity contribution in [2.45, 2.75) is 6.54 Å². The molecule has 3 N–H and O–H groups in total. The number of carbonyl (C=O) groups excluding carboxylic acids is 2. The molecule has 3 rings (SSSR count). The molecule has 30 heavy (non-hydrogen) atoms. The number of hydrogen-bond donors (Lipinski definition) is 3. The smallest absolute Gasteiger partial charge is 0.319 e. The Morgan fingerprint density at radius 1 is 1.07 bits per heavy atom. The fourth-order valence-corrected chi connectivity index (χ4v) is 2.69. The lowest BCUT2D eigenvalue weighted by Gasteiger charge is -2.10. The van der Waals surface area contributed by atoms with E-state index < -0.39 is 11.8 Å². The van der Waals surface area contributed by atoms with Gasteiger partial charge in [0.25, 0.3) is 5.91 Å². The Labute approximate surface area is 177 Å². The predicted octanol–water partition coefficient (Wildman–Crippen LogP) is 4.35. The monoisotopic (exact) mass is 428 g/mol. The van der Waals surface area contributed by atoms with Gasteiger partial charge in [0, 0.05) is 25.9 Å². The Morgan fingerprint density at radius 3 is 2.53 bits per heavy atom. The van der Waals surface area contributed by atoms with Crippen LogP contribution in [-0.2, 0) is 6.54 Å². The summed E-state index contributed by atoms with van der Waals surface area (Å²) >= 11 is 5.89. The molecular formula is C21H18ClFN4O3. The number of carbonyl (C=O) groups is 2. The van der Waals surface area contributed by atoms with Crippen LogP contribution in [0.4, 0.5) is 14.9 Å². The van der Waals surface area contributed by atoms with Crippen LogP contribution in [0.3, 0.4) is 0 Å². The minimum absolute atomic E-state index is 0.113. The molecular weight excluding hydrogens is 411 g/mol. The summed E-state index contributed by atoms with van der Waals surface area (Å²) in [7, 11) is 1.53. The average Bonchev–Trinajstić information content (AvgIpc) is 2.75. The molecule has 3 amide bonds. The van der Waals surface area contributed by atoms with E-state index in [1.165, 1.54) is 25.4 Å². The predicted molar refractivity (Wildman–Crippen MR) is 111 cm³/mol. The number of pyridine rings is 1. The van der Waals surface area contributed by atoms with E-state index in [0.717, 1.165) is 11.6 Å². The molecule has 0 spiro atoms. The van der Waals surface area contributed by atoms with Crippen molar-refractivity contribution in [2.24, 2.45) is 0 Å². The zero-order valence-electron chi connectivity index (χ0n) is 15.9. The van der Waals surface area contributed by atoms with Crippen LogP contribution in [0.25, 0.3) is 0 Å². The molecule has 2 aromatic carbocycles. The quantitative estimate of drug-likeness (QED) is 0.544. The second-order valence-corrected chi connectivity index (χ2v) is 6.54.